The van der Waals surface area contributed by atoms with Crippen LogP contribution in [0, 0.1) is 5.92 Å². The number of ether oxygens (including phenoxy) is 1. The molecule has 1 saturated carbocycles. The Bertz CT molecular complexity index is 1460. The summed E-state index contributed by atoms with van der Waals surface area (Å²) in [4.78, 5) is 34.9. The van der Waals surface area contributed by atoms with E-state index in [9.17, 15) is 9.59 Å². The SMILES string of the molecule is CCOc1ccc(-n2c(C(C)N(CCc3ccccc3)C(=O)C3CCCCC3)nc3ccccc3c2=O)cc1. The van der Waals surface area contributed by atoms with Crippen LogP contribution in [0.2, 0.25) is 0 Å². The molecule has 39 heavy (non-hydrogen) atoms. The van der Waals surface area contributed by atoms with Gasteiger partial charge in [0.05, 0.1) is 29.2 Å². The van der Waals surface area contributed by atoms with Crippen LogP contribution in [0.15, 0.2) is 83.7 Å². The lowest BCUT2D eigenvalue weighted by atomic mass is 9.88. The molecule has 3 aromatic carbocycles. The Morgan fingerprint density at radius 1 is 0.974 bits per heavy atom. The lowest BCUT2D eigenvalue weighted by molar-refractivity contribution is -0.139. The highest BCUT2D eigenvalue weighted by Crippen LogP contribution is 2.30. The summed E-state index contributed by atoms with van der Waals surface area (Å²) in [6.45, 7) is 5.08. The molecule has 1 amide bonds. The van der Waals surface area contributed by atoms with E-state index in [2.05, 4.69) is 12.1 Å². The van der Waals surface area contributed by atoms with E-state index in [1.54, 1.807) is 4.57 Å². The number of fused-ring (bicyclic) bond motifs is 1. The fraction of sp³-hybridized carbons (Fsp3) is 0.364. The molecule has 0 aliphatic heterocycles. The molecule has 0 saturated heterocycles. The first-order valence-electron chi connectivity index (χ1n) is 14.2. The number of aromatic nitrogens is 2. The second-order valence-corrected chi connectivity index (χ2v) is 10.3. The normalized spacial score (nSPS) is 14.7. The fourth-order valence-electron chi connectivity index (χ4n) is 5.65. The summed E-state index contributed by atoms with van der Waals surface area (Å²) in [5.74, 6) is 1.50. The zero-order chi connectivity index (χ0) is 27.2. The number of hydrogen-bond acceptors (Lipinski definition) is 4. The largest absolute Gasteiger partial charge is 0.494 e. The number of para-hydroxylation sites is 1. The van der Waals surface area contributed by atoms with Crippen molar-refractivity contribution in [2.45, 2.75) is 58.4 Å². The van der Waals surface area contributed by atoms with Crippen molar-refractivity contribution in [2.24, 2.45) is 5.92 Å². The molecular formula is C33H37N3O3. The lowest BCUT2D eigenvalue weighted by Crippen LogP contribution is -2.42. The zero-order valence-electron chi connectivity index (χ0n) is 22.9. The van der Waals surface area contributed by atoms with Gasteiger partial charge in [-0.15, -0.1) is 0 Å². The van der Waals surface area contributed by atoms with Gasteiger partial charge in [0.1, 0.15) is 11.6 Å². The van der Waals surface area contributed by atoms with Crippen LogP contribution in [0.4, 0.5) is 0 Å². The minimum Gasteiger partial charge on any atom is -0.494 e. The van der Waals surface area contributed by atoms with Crippen molar-refractivity contribution in [2.75, 3.05) is 13.2 Å². The Morgan fingerprint density at radius 3 is 2.38 bits per heavy atom. The van der Waals surface area contributed by atoms with Gasteiger partial charge in [-0.3, -0.25) is 14.2 Å². The molecule has 4 aromatic rings. The molecule has 202 valence electrons. The summed E-state index contributed by atoms with van der Waals surface area (Å²) in [6.07, 6.45) is 5.94. The van der Waals surface area contributed by atoms with Crippen molar-refractivity contribution in [3.8, 4) is 11.4 Å². The van der Waals surface area contributed by atoms with Gasteiger partial charge in [0.2, 0.25) is 5.91 Å². The summed E-state index contributed by atoms with van der Waals surface area (Å²) in [6, 6.07) is 24.8. The lowest BCUT2D eigenvalue weighted by Gasteiger charge is -2.34. The second-order valence-electron chi connectivity index (χ2n) is 10.3. The second kappa shape index (κ2) is 12.3. The Morgan fingerprint density at radius 2 is 1.67 bits per heavy atom. The number of rotatable bonds is 9. The van der Waals surface area contributed by atoms with E-state index in [1.165, 1.54) is 12.0 Å². The highest BCUT2D eigenvalue weighted by molar-refractivity contribution is 5.80. The van der Waals surface area contributed by atoms with Crippen molar-refractivity contribution in [3.05, 3.63) is 101 Å². The van der Waals surface area contributed by atoms with E-state index in [-0.39, 0.29) is 17.4 Å². The molecule has 5 rings (SSSR count). The molecule has 1 fully saturated rings. The first kappa shape index (κ1) is 26.7. The van der Waals surface area contributed by atoms with Crippen LogP contribution in [0.5, 0.6) is 5.75 Å². The van der Waals surface area contributed by atoms with Crippen molar-refractivity contribution < 1.29 is 9.53 Å². The highest BCUT2D eigenvalue weighted by atomic mass is 16.5. The molecule has 0 N–H and O–H groups in total. The minimum atomic E-state index is -0.396. The van der Waals surface area contributed by atoms with Crippen molar-refractivity contribution in [1.29, 1.82) is 0 Å². The van der Waals surface area contributed by atoms with Crippen molar-refractivity contribution >= 4 is 16.8 Å². The third kappa shape index (κ3) is 5.90. The number of nitrogens with zero attached hydrogens (tertiary/aromatic N) is 3. The summed E-state index contributed by atoms with van der Waals surface area (Å²) >= 11 is 0. The molecule has 0 bridgehead atoms. The third-order valence-corrected chi connectivity index (χ3v) is 7.77. The number of amides is 1. The molecule has 1 atom stereocenters. The number of carbonyl (C=O) groups excluding carboxylic acids is 1. The topological polar surface area (TPSA) is 64.4 Å². The van der Waals surface area contributed by atoms with Gasteiger partial charge in [0.25, 0.3) is 5.56 Å². The maximum Gasteiger partial charge on any atom is 0.266 e. The van der Waals surface area contributed by atoms with Gasteiger partial charge in [0.15, 0.2) is 0 Å². The van der Waals surface area contributed by atoms with E-state index >= 15 is 0 Å². The Labute approximate surface area is 230 Å². The first-order valence-corrected chi connectivity index (χ1v) is 14.2. The van der Waals surface area contributed by atoms with Gasteiger partial charge in [-0.2, -0.15) is 0 Å². The molecule has 1 aromatic heterocycles. The Balaban J connectivity index is 1.59. The maximum atomic E-state index is 14.0. The standard InChI is InChI=1S/C33H37N3O3/c1-3-39-28-20-18-27(19-21-28)36-31(34-30-17-11-10-16-29(30)33(36)38)24(2)35(23-22-25-12-6-4-7-13-25)32(37)26-14-8-5-9-15-26/h4,6-7,10-13,16-21,24,26H,3,5,8-9,14-15,22-23H2,1-2H3. The fourth-order valence-corrected chi connectivity index (χ4v) is 5.65. The average molecular weight is 524 g/mol. The predicted molar refractivity (Wildman–Crippen MR) is 155 cm³/mol. The number of carbonyl (C=O) groups is 1. The van der Waals surface area contributed by atoms with Crippen molar-refractivity contribution in [3.63, 3.8) is 0 Å². The number of hydrogen-bond donors (Lipinski definition) is 0. The summed E-state index contributed by atoms with van der Waals surface area (Å²) < 4.78 is 7.30. The summed E-state index contributed by atoms with van der Waals surface area (Å²) in [5, 5.41) is 0.553. The Kier molecular flexibility index (Phi) is 8.40. The maximum absolute atomic E-state index is 14.0. The van der Waals surface area contributed by atoms with Gasteiger partial charge < -0.3 is 9.64 Å². The van der Waals surface area contributed by atoms with Gasteiger partial charge in [-0.05, 0) is 75.1 Å². The molecule has 6 heteroatoms. The molecule has 1 heterocycles. The summed E-state index contributed by atoms with van der Waals surface area (Å²) in [5.41, 5.74) is 2.39. The van der Waals surface area contributed by atoms with Crippen LogP contribution in [-0.4, -0.2) is 33.5 Å². The average Bonchev–Trinajstić information content (AvgIpc) is 2.99. The van der Waals surface area contributed by atoms with E-state index in [4.69, 9.17) is 9.72 Å². The summed E-state index contributed by atoms with van der Waals surface area (Å²) in [7, 11) is 0. The van der Waals surface area contributed by atoms with Gasteiger partial charge >= 0.3 is 0 Å². The van der Waals surface area contributed by atoms with Crippen LogP contribution in [0.25, 0.3) is 16.6 Å². The minimum absolute atomic E-state index is 0.0167. The van der Waals surface area contributed by atoms with Gasteiger partial charge in [-0.1, -0.05) is 61.7 Å². The van der Waals surface area contributed by atoms with Crippen LogP contribution in [0.1, 0.15) is 63.4 Å². The van der Waals surface area contributed by atoms with Crippen LogP contribution < -0.4 is 10.3 Å². The van der Waals surface area contributed by atoms with E-state index in [0.29, 0.717) is 35.6 Å². The zero-order valence-corrected chi connectivity index (χ0v) is 22.9. The van der Waals surface area contributed by atoms with Crippen LogP contribution >= 0.6 is 0 Å². The van der Waals surface area contributed by atoms with Gasteiger partial charge in [0, 0.05) is 12.5 Å². The quantitative estimate of drug-likeness (QED) is 0.251. The molecular weight excluding hydrogens is 486 g/mol. The molecule has 1 aliphatic carbocycles. The molecule has 1 unspecified atom stereocenters. The molecule has 0 radical (unpaired) electrons. The predicted octanol–water partition coefficient (Wildman–Crippen LogP) is 6.50. The monoisotopic (exact) mass is 523 g/mol. The highest BCUT2D eigenvalue weighted by Gasteiger charge is 2.32. The smallest absolute Gasteiger partial charge is 0.266 e. The number of benzene rings is 3. The molecule has 6 nitrogen and oxygen atoms in total. The van der Waals surface area contributed by atoms with Crippen molar-refractivity contribution in [1.82, 2.24) is 14.5 Å². The van der Waals surface area contributed by atoms with Gasteiger partial charge in [-0.25, -0.2) is 4.98 Å². The third-order valence-electron chi connectivity index (χ3n) is 7.77. The Hall–Kier alpha value is -3.93. The van der Waals surface area contributed by atoms with Crippen LogP contribution in [0.3, 0.4) is 0 Å². The van der Waals surface area contributed by atoms with E-state index in [0.717, 1.165) is 37.9 Å². The van der Waals surface area contributed by atoms with E-state index in [1.807, 2.05) is 85.5 Å². The van der Waals surface area contributed by atoms with E-state index < -0.39 is 6.04 Å². The van der Waals surface area contributed by atoms with Crippen LogP contribution in [-0.2, 0) is 11.2 Å². The molecule has 0 spiro atoms. The molecule has 1 aliphatic rings. The first-order chi connectivity index (χ1) is 19.1.